The van der Waals surface area contributed by atoms with Crippen LogP contribution in [0.5, 0.6) is 0 Å². The minimum Gasteiger partial charge on any atom is -0.342 e. The molecular weight excluding hydrogens is 310 g/mol. The zero-order chi connectivity index (χ0) is 14.0. The number of carbonyl (C=O) groups is 2. The van der Waals surface area contributed by atoms with Gasteiger partial charge in [0, 0.05) is 25.7 Å². The van der Waals surface area contributed by atoms with Crippen LogP contribution in [0.25, 0.3) is 0 Å². The third-order valence-electron chi connectivity index (χ3n) is 3.19. The van der Waals surface area contributed by atoms with E-state index in [0.717, 1.165) is 10.0 Å². The van der Waals surface area contributed by atoms with Gasteiger partial charge in [0.2, 0.25) is 11.8 Å². The Bertz CT molecular complexity index is 519. The largest absolute Gasteiger partial charge is 0.342 e. The molecule has 1 aliphatic rings. The van der Waals surface area contributed by atoms with Gasteiger partial charge >= 0.3 is 0 Å². The summed E-state index contributed by atoms with van der Waals surface area (Å²) in [5, 5.41) is 2.77. The first kappa shape index (κ1) is 14.0. The molecule has 1 aromatic rings. The summed E-state index contributed by atoms with van der Waals surface area (Å²) in [6.45, 7) is 4.98. The Balaban J connectivity index is 2.04. The number of nitrogens with one attached hydrogen (secondary N) is 1. The summed E-state index contributed by atoms with van der Waals surface area (Å²) in [7, 11) is 0. The van der Waals surface area contributed by atoms with Crippen molar-refractivity contribution in [3.05, 3.63) is 22.3 Å². The van der Waals surface area contributed by atoms with Crippen LogP contribution in [0.2, 0.25) is 0 Å². The summed E-state index contributed by atoms with van der Waals surface area (Å²) in [5.41, 5.74) is 1.01. The maximum Gasteiger partial charge on any atom is 0.230 e. The van der Waals surface area contributed by atoms with Gasteiger partial charge in [-0.05, 0) is 41.4 Å². The number of halogens is 1. The van der Waals surface area contributed by atoms with Crippen molar-refractivity contribution in [1.29, 1.82) is 0 Å². The van der Waals surface area contributed by atoms with Gasteiger partial charge < -0.3 is 10.2 Å². The van der Waals surface area contributed by atoms with Crippen LogP contribution in [-0.4, -0.2) is 34.8 Å². The molecule has 6 heteroatoms. The van der Waals surface area contributed by atoms with Crippen molar-refractivity contribution < 1.29 is 9.59 Å². The second-order valence-electron chi connectivity index (χ2n) is 4.67. The van der Waals surface area contributed by atoms with Crippen LogP contribution < -0.4 is 5.32 Å². The fourth-order valence-corrected chi connectivity index (χ4v) is 2.66. The number of pyridine rings is 1. The first-order valence-electron chi connectivity index (χ1n) is 6.22. The molecule has 1 atom stereocenters. The second kappa shape index (κ2) is 5.69. The van der Waals surface area contributed by atoms with E-state index in [9.17, 15) is 9.59 Å². The minimum atomic E-state index is -0.289. The highest BCUT2D eigenvalue weighted by molar-refractivity contribution is 9.10. The molecule has 1 fully saturated rings. The Labute approximate surface area is 120 Å². The maximum absolute atomic E-state index is 12.1. The smallest absolute Gasteiger partial charge is 0.230 e. The highest BCUT2D eigenvalue weighted by atomic mass is 79.9. The van der Waals surface area contributed by atoms with Gasteiger partial charge in [-0.15, -0.1) is 0 Å². The molecule has 1 aromatic heterocycles. The zero-order valence-electron chi connectivity index (χ0n) is 10.9. The van der Waals surface area contributed by atoms with Gasteiger partial charge in [0.25, 0.3) is 0 Å². The Kier molecular flexibility index (Phi) is 4.19. The lowest BCUT2D eigenvalue weighted by molar-refractivity contribution is -0.128. The molecule has 0 aromatic carbocycles. The number of rotatable bonds is 3. The number of amides is 2. The summed E-state index contributed by atoms with van der Waals surface area (Å²) in [4.78, 5) is 29.6. The number of hydrogen-bond donors (Lipinski definition) is 1. The molecule has 0 saturated carbocycles. The topological polar surface area (TPSA) is 62.3 Å². The summed E-state index contributed by atoms with van der Waals surface area (Å²) >= 11 is 3.37. The van der Waals surface area contributed by atoms with E-state index in [4.69, 9.17) is 0 Å². The lowest BCUT2D eigenvalue weighted by Crippen LogP contribution is -2.28. The Morgan fingerprint density at radius 2 is 2.37 bits per heavy atom. The van der Waals surface area contributed by atoms with Crippen LogP contribution in [0.4, 0.5) is 5.82 Å². The van der Waals surface area contributed by atoms with E-state index in [1.54, 1.807) is 11.1 Å². The molecule has 0 aliphatic carbocycles. The van der Waals surface area contributed by atoms with Crippen molar-refractivity contribution in [2.45, 2.75) is 20.3 Å². The van der Waals surface area contributed by atoms with Crippen molar-refractivity contribution in [3.8, 4) is 0 Å². The summed E-state index contributed by atoms with van der Waals surface area (Å²) < 4.78 is 0.748. The molecule has 1 N–H and O–H groups in total. The molecule has 1 saturated heterocycles. The molecule has 2 amide bonds. The minimum absolute atomic E-state index is 0.0404. The van der Waals surface area contributed by atoms with E-state index in [-0.39, 0.29) is 24.2 Å². The van der Waals surface area contributed by atoms with Gasteiger partial charge in [0.15, 0.2) is 0 Å². The molecule has 2 rings (SSSR count). The number of nitrogens with zero attached hydrogens (tertiary/aromatic N) is 2. The van der Waals surface area contributed by atoms with E-state index in [0.29, 0.717) is 18.9 Å². The Hall–Kier alpha value is -1.43. The second-order valence-corrected chi connectivity index (χ2v) is 5.52. The van der Waals surface area contributed by atoms with Gasteiger partial charge in [0.1, 0.15) is 5.82 Å². The summed E-state index contributed by atoms with van der Waals surface area (Å²) in [5.74, 6) is 0.0976. The van der Waals surface area contributed by atoms with Crippen molar-refractivity contribution in [3.63, 3.8) is 0 Å². The van der Waals surface area contributed by atoms with E-state index >= 15 is 0 Å². The molecule has 5 nitrogen and oxygen atoms in total. The third kappa shape index (κ3) is 3.12. The van der Waals surface area contributed by atoms with Crippen LogP contribution in [-0.2, 0) is 9.59 Å². The highest BCUT2D eigenvalue weighted by Gasteiger charge is 2.33. The molecular formula is C13H16BrN3O2. The Morgan fingerprint density at radius 3 is 2.95 bits per heavy atom. The average molecular weight is 326 g/mol. The van der Waals surface area contributed by atoms with Gasteiger partial charge in [-0.25, -0.2) is 4.98 Å². The normalized spacial score (nSPS) is 18.8. The zero-order valence-corrected chi connectivity index (χ0v) is 12.5. The number of likely N-dealkylation sites (tertiary alicyclic amines) is 1. The van der Waals surface area contributed by atoms with E-state index < -0.39 is 0 Å². The Morgan fingerprint density at radius 1 is 1.63 bits per heavy atom. The SMILES string of the molecule is CCN1CC(C(=O)Nc2ncc(C)cc2Br)CC1=O. The number of aromatic nitrogens is 1. The van der Waals surface area contributed by atoms with Gasteiger partial charge in [-0.3, -0.25) is 9.59 Å². The fourth-order valence-electron chi connectivity index (χ4n) is 2.10. The van der Waals surface area contributed by atoms with E-state index in [1.807, 2.05) is 19.9 Å². The molecule has 0 bridgehead atoms. The van der Waals surface area contributed by atoms with Crippen LogP contribution in [0.3, 0.4) is 0 Å². The lowest BCUT2D eigenvalue weighted by Gasteiger charge is -2.13. The molecule has 19 heavy (non-hydrogen) atoms. The fraction of sp³-hybridized carbons (Fsp3) is 0.462. The molecule has 102 valence electrons. The summed E-state index contributed by atoms with van der Waals surface area (Å²) in [6, 6.07) is 1.89. The van der Waals surface area contributed by atoms with Crippen LogP contribution in [0.15, 0.2) is 16.7 Å². The molecule has 1 unspecified atom stereocenters. The van der Waals surface area contributed by atoms with Crippen LogP contribution in [0.1, 0.15) is 18.9 Å². The van der Waals surface area contributed by atoms with E-state index in [1.165, 1.54) is 0 Å². The molecule has 1 aliphatic heterocycles. The first-order chi connectivity index (χ1) is 9.01. The van der Waals surface area contributed by atoms with Crippen molar-refractivity contribution in [1.82, 2.24) is 9.88 Å². The third-order valence-corrected chi connectivity index (χ3v) is 3.79. The quantitative estimate of drug-likeness (QED) is 0.924. The molecule has 0 spiro atoms. The average Bonchev–Trinajstić information content (AvgIpc) is 2.74. The number of aryl methyl sites for hydroxylation is 1. The van der Waals surface area contributed by atoms with Crippen LogP contribution in [0, 0.1) is 12.8 Å². The lowest BCUT2D eigenvalue weighted by atomic mass is 10.1. The predicted octanol–water partition coefficient (Wildman–Crippen LogP) is 1.96. The monoisotopic (exact) mass is 325 g/mol. The number of carbonyl (C=O) groups excluding carboxylic acids is 2. The van der Waals surface area contributed by atoms with Crippen molar-refractivity contribution in [2.24, 2.45) is 5.92 Å². The van der Waals surface area contributed by atoms with Crippen molar-refractivity contribution in [2.75, 3.05) is 18.4 Å². The van der Waals surface area contributed by atoms with Crippen molar-refractivity contribution >= 4 is 33.6 Å². The summed E-state index contributed by atoms with van der Waals surface area (Å²) in [6.07, 6.45) is 1.97. The number of anilines is 1. The maximum atomic E-state index is 12.1. The van der Waals surface area contributed by atoms with E-state index in [2.05, 4.69) is 26.2 Å². The highest BCUT2D eigenvalue weighted by Crippen LogP contribution is 2.23. The first-order valence-corrected chi connectivity index (χ1v) is 7.01. The van der Waals surface area contributed by atoms with Gasteiger partial charge in [-0.1, -0.05) is 0 Å². The predicted molar refractivity (Wildman–Crippen MR) is 75.7 cm³/mol. The van der Waals surface area contributed by atoms with Crippen LogP contribution >= 0.6 is 15.9 Å². The molecule has 0 radical (unpaired) electrons. The van der Waals surface area contributed by atoms with Gasteiger partial charge in [0.05, 0.1) is 10.4 Å². The van der Waals surface area contributed by atoms with Gasteiger partial charge in [-0.2, -0.15) is 0 Å². The number of hydrogen-bond acceptors (Lipinski definition) is 3. The molecule has 2 heterocycles. The standard InChI is InChI=1S/C13H16BrN3O2/c1-3-17-7-9(5-11(17)18)13(19)16-12-10(14)4-8(2)6-15-12/h4,6,9H,3,5,7H2,1-2H3,(H,15,16,19).